The van der Waals surface area contributed by atoms with Crippen LogP contribution in [0.5, 0.6) is 0 Å². The van der Waals surface area contributed by atoms with E-state index in [4.69, 9.17) is 4.74 Å². The van der Waals surface area contributed by atoms with E-state index in [1.54, 1.807) is 6.07 Å². The number of nitro benzene ring substituents is 1. The predicted octanol–water partition coefficient (Wildman–Crippen LogP) is 3.99. The molecule has 0 saturated carbocycles. The molecule has 6 nitrogen and oxygen atoms in total. The molecule has 0 heterocycles. The smallest absolute Gasteiger partial charge is 0.416 e. The average Bonchev–Trinajstić information content (AvgIpc) is 2.64. The summed E-state index contributed by atoms with van der Waals surface area (Å²) in [6.45, 7) is 2.19. The van der Waals surface area contributed by atoms with Crippen molar-refractivity contribution in [2.24, 2.45) is 0 Å². The van der Waals surface area contributed by atoms with Crippen molar-refractivity contribution < 1.29 is 27.6 Å². The average molecular weight is 396 g/mol. The van der Waals surface area contributed by atoms with E-state index < -0.39 is 22.6 Å². The van der Waals surface area contributed by atoms with E-state index in [2.05, 4.69) is 5.32 Å². The van der Waals surface area contributed by atoms with Crippen molar-refractivity contribution >= 4 is 11.7 Å². The fraction of sp³-hybridized carbons (Fsp3) is 0.316. The molecule has 2 rings (SSSR count). The molecular formula is C19H19F3N2O4. The zero-order valence-electron chi connectivity index (χ0n) is 15.0. The number of non-ortho nitro benzene ring substituents is 1. The first kappa shape index (κ1) is 21.4. The van der Waals surface area contributed by atoms with Crippen LogP contribution in [0.2, 0.25) is 0 Å². The number of nitrogens with zero attached hydrogens (tertiary/aromatic N) is 1. The number of nitrogens with one attached hydrogen (secondary N) is 1. The van der Waals surface area contributed by atoms with Gasteiger partial charge in [-0.05, 0) is 37.1 Å². The number of esters is 1. The minimum absolute atomic E-state index is 0.0583. The van der Waals surface area contributed by atoms with E-state index in [9.17, 15) is 28.1 Å². The quantitative estimate of drug-likeness (QED) is 0.316. The maximum Gasteiger partial charge on any atom is 0.416 e. The zero-order chi connectivity index (χ0) is 20.7. The Bertz CT molecular complexity index is 823. The molecule has 0 aliphatic heterocycles. The van der Waals surface area contributed by atoms with E-state index in [1.165, 1.54) is 30.3 Å². The Morgan fingerprint density at radius 3 is 2.50 bits per heavy atom. The second kappa shape index (κ2) is 9.32. The summed E-state index contributed by atoms with van der Waals surface area (Å²) in [4.78, 5) is 21.9. The SMILES string of the molecule is CC(Cc1cccc(C(F)(F)F)c1)NCCOC(=O)c1ccc([N+](=O)[O-])cc1. The second-order valence-electron chi connectivity index (χ2n) is 6.20. The molecule has 28 heavy (non-hydrogen) atoms. The Kier molecular flexibility index (Phi) is 7.11. The number of hydrogen-bond donors (Lipinski definition) is 1. The molecule has 1 atom stereocenters. The zero-order valence-corrected chi connectivity index (χ0v) is 15.0. The second-order valence-corrected chi connectivity index (χ2v) is 6.20. The topological polar surface area (TPSA) is 81.5 Å². The fourth-order valence-electron chi connectivity index (χ4n) is 2.55. The summed E-state index contributed by atoms with van der Waals surface area (Å²) in [6.07, 6.45) is -3.99. The monoisotopic (exact) mass is 396 g/mol. The van der Waals surface area contributed by atoms with Gasteiger partial charge in [0.05, 0.1) is 16.1 Å². The van der Waals surface area contributed by atoms with Gasteiger partial charge < -0.3 is 10.1 Å². The van der Waals surface area contributed by atoms with Crippen LogP contribution in [0.25, 0.3) is 0 Å². The van der Waals surface area contributed by atoms with Crippen LogP contribution in [-0.4, -0.2) is 30.1 Å². The van der Waals surface area contributed by atoms with Crippen LogP contribution < -0.4 is 5.32 Å². The first-order valence-electron chi connectivity index (χ1n) is 8.48. The standard InChI is InChI=1S/C19H19F3N2O4/c1-13(11-14-3-2-4-16(12-14)19(20,21)22)23-9-10-28-18(25)15-5-7-17(8-6-15)24(26)27/h2-8,12-13,23H,9-11H2,1H3. The minimum Gasteiger partial charge on any atom is -0.461 e. The number of rotatable bonds is 8. The number of halogens is 3. The van der Waals surface area contributed by atoms with Crippen LogP contribution in [0.1, 0.15) is 28.4 Å². The summed E-state index contributed by atoms with van der Waals surface area (Å²) in [5, 5.41) is 13.7. The molecule has 150 valence electrons. The van der Waals surface area contributed by atoms with Crippen LogP contribution >= 0.6 is 0 Å². The Morgan fingerprint density at radius 1 is 1.21 bits per heavy atom. The fourth-order valence-corrected chi connectivity index (χ4v) is 2.55. The summed E-state index contributed by atoms with van der Waals surface area (Å²) < 4.78 is 43.3. The maximum absolute atomic E-state index is 12.7. The molecule has 0 fully saturated rings. The third kappa shape index (κ3) is 6.34. The number of carbonyl (C=O) groups excluding carboxylic acids is 1. The summed E-state index contributed by atoms with van der Waals surface area (Å²) in [6, 6.07) is 10.1. The van der Waals surface area contributed by atoms with Gasteiger partial charge in [0, 0.05) is 24.7 Å². The van der Waals surface area contributed by atoms with Crippen molar-refractivity contribution in [3.05, 3.63) is 75.3 Å². The molecular weight excluding hydrogens is 377 g/mol. The normalized spacial score (nSPS) is 12.4. The van der Waals surface area contributed by atoms with Gasteiger partial charge >= 0.3 is 12.1 Å². The van der Waals surface area contributed by atoms with Gasteiger partial charge in [-0.1, -0.05) is 18.2 Å². The number of hydrogen-bond acceptors (Lipinski definition) is 5. The Hall–Kier alpha value is -2.94. The van der Waals surface area contributed by atoms with Crippen molar-refractivity contribution in [3.63, 3.8) is 0 Å². The van der Waals surface area contributed by atoms with E-state index in [0.29, 0.717) is 18.5 Å². The molecule has 0 bridgehead atoms. The summed E-state index contributed by atoms with van der Waals surface area (Å²) >= 11 is 0. The highest BCUT2D eigenvalue weighted by molar-refractivity contribution is 5.89. The van der Waals surface area contributed by atoms with Crippen LogP contribution in [0.15, 0.2) is 48.5 Å². The van der Waals surface area contributed by atoms with E-state index in [-0.39, 0.29) is 23.9 Å². The molecule has 0 saturated heterocycles. The van der Waals surface area contributed by atoms with Gasteiger partial charge in [-0.25, -0.2) is 4.79 Å². The molecule has 2 aromatic rings. The molecule has 0 aliphatic carbocycles. The molecule has 0 amide bonds. The van der Waals surface area contributed by atoms with Crippen molar-refractivity contribution in [2.75, 3.05) is 13.2 Å². The predicted molar refractivity (Wildman–Crippen MR) is 96.0 cm³/mol. The highest BCUT2D eigenvalue weighted by Crippen LogP contribution is 2.29. The number of ether oxygens (including phenoxy) is 1. The van der Waals surface area contributed by atoms with Crippen molar-refractivity contribution in [3.8, 4) is 0 Å². The molecule has 2 aromatic carbocycles. The third-order valence-corrected chi connectivity index (χ3v) is 3.94. The maximum atomic E-state index is 12.7. The highest BCUT2D eigenvalue weighted by atomic mass is 19.4. The van der Waals surface area contributed by atoms with E-state index in [1.807, 2.05) is 6.92 Å². The molecule has 0 aliphatic rings. The minimum atomic E-state index is -4.38. The largest absolute Gasteiger partial charge is 0.461 e. The lowest BCUT2D eigenvalue weighted by molar-refractivity contribution is -0.384. The van der Waals surface area contributed by atoms with Crippen molar-refractivity contribution in [2.45, 2.75) is 25.6 Å². The van der Waals surface area contributed by atoms with Crippen LogP contribution in [0.3, 0.4) is 0 Å². The number of nitro groups is 1. The molecule has 1 unspecified atom stereocenters. The Morgan fingerprint density at radius 2 is 1.89 bits per heavy atom. The van der Waals surface area contributed by atoms with Gasteiger partial charge in [0.1, 0.15) is 6.61 Å². The van der Waals surface area contributed by atoms with Gasteiger partial charge in [-0.15, -0.1) is 0 Å². The number of benzene rings is 2. The molecule has 0 spiro atoms. The summed E-state index contributed by atoms with van der Waals surface area (Å²) in [5.41, 5.74) is -0.0591. The lowest BCUT2D eigenvalue weighted by Crippen LogP contribution is -2.31. The van der Waals surface area contributed by atoms with Crippen molar-refractivity contribution in [1.82, 2.24) is 5.32 Å². The number of alkyl halides is 3. The van der Waals surface area contributed by atoms with E-state index in [0.717, 1.165) is 12.1 Å². The molecule has 0 radical (unpaired) electrons. The summed E-state index contributed by atoms with van der Waals surface area (Å²) in [7, 11) is 0. The summed E-state index contributed by atoms with van der Waals surface area (Å²) in [5.74, 6) is -0.609. The van der Waals surface area contributed by atoms with E-state index >= 15 is 0 Å². The van der Waals surface area contributed by atoms with Crippen LogP contribution in [-0.2, 0) is 17.3 Å². The van der Waals surface area contributed by atoms with Gasteiger partial charge in [0.25, 0.3) is 5.69 Å². The third-order valence-electron chi connectivity index (χ3n) is 3.94. The Balaban J connectivity index is 1.75. The lowest BCUT2D eigenvalue weighted by atomic mass is 10.0. The number of carbonyl (C=O) groups is 1. The van der Waals surface area contributed by atoms with Gasteiger partial charge in [0.15, 0.2) is 0 Å². The Labute approximate surface area is 159 Å². The van der Waals surface area contributed by atoms with Crippen LogP contribution in [0.4, 0.5) is 18.9 Å². The van der Waals surface area contributed by atoms with Gasteiger partial charge in [0.2, 0.25) is 0 Å². The van der Waals surface area contributed by atoms with Gasteiger partial charge in [-0.3, -0.25) is 10.1 Å². The highest BCUT2D eigenvalue weighted by Gasteiger charge is 2.30. The van der Waals surface area contributed by atoms with Gasteiger partial charge in [-0.2, -0.15) is 13.2 Å². The molecule has 1 N–H and O–H groups in total. The van der Waals surface area contributed by atoms with Crippen molar-refractivity contribution in [1.29, 1.82) is 0 Å². The first-order valence-corrected chi connectivity index (χ1v) is 8.48. The van der Waals surface area contributed by atoms with Crippen LogP contribution in [0, 0.1) is 10.1 Å². The molecule has 0 aromatic heterocycles. The molecule has 9 heteroatoms. The lowest BCUT2D eigenvalue weighted by Gasteiger charge is -2.15. The first-order chi connectivity index (χ1) is 13.2.